The van der Waals surface area contributed by atoms with Crippen LogP contribution in [-0.4, -0.2) is 12.6 Å². The van der Waals surface area contributed by atoms with Crippen LogP contribution in [0.15, 0.2) is 22.7 Å². The molecule has 102 valence electrons. The van der Waals surface area contributed by atoms with Crippen LogP contribution < -0.4 is 4.90 Å². The maximum atomic E-state index is 9.42. The number of nitrogens with zero attached hydrogens (tertiary/aromatic N) is 2. The Morgan fingerprint density at radius 2 is 2.05 bits per heavy atom. The topological polar surface area (TPSA) is 27.0 Å². The molecular weight excluding hydrogens is 300 g/mol. The van der Waals surface area contributed by atoms with Gasteiger partial charge in [-0.05, 0) is 46.8 Å². The highest BCUT2D eigenvalue weighted by molar-refractivity contribution is 9.10. The zero-order chi connectivity index (χ0) is 13.8. The van der Waals surface area contributed by atoms with E-state index in [1.54, 1.807) is 0 Å². The van der Waals surface area contributed by atoms with E-state index in [9.17, 15) is 5.26 Å². The molecule has 0 spiro atoms. The summed E-state index contributed by atoms with van der Waals surface area (Å²) in [5.74, 6) is 0.603. The number of rotatable bonds is 4. The van der Waals surface area contributed by atoms with Gasteiger partial charge >= 0.3 is 0 Å². The van der Waals surface area contributed by atoms with Gasteiger partial charge < -0.3 is 4.90 Å². The Morgan fingerprint density at radius 3 is 2.63 bits per heavy atom. The monoisotopic (exact) mass is 320 g/mol. The third-order valence-corrected chi connectivity index (χ3v) is 4.40. The molecule has 3 heteroatoms. The van der Waals surface area contributed by atoms with Crippen molar-refractivity contribution >= 4 is 21.6 Å². The van der Waals surface area contributed by atoms with Crippen LogP contribution in [0, 0.1) is 17.2 Å². The Kier molecular flexibility index (Phi) is 4.87. The molecule has 0 atom stereocenters. The highest BCUT2D eigenvalue weighted by Gasteiger charge is 2.25. The fourth-order valence-electron chi connectivity index (χ4n) is 2.92. The van der Waals surface area contributed by atoms with Crippen molar-refractivity contribution in [3.05, 3.63) is 28.2 Å². The number of hydrogen-bond acceptors (Lipinski definition) is 2. The lowest BCUT2D eigenvalue weighted by molar-refractivity contribution is 0.535. The SMILES string of the molecule is CC(C)CN(c1cccc(Br)c1C#N)C1CCCC1. The second kappa shape index (κ2) is 6.43. The minimum atomic E-state index is 0.601. The van der Waals surface area contributed by atoms with E-state index in [1.807, 2.05) is 12.1 Å². The van der Waals surface area contributed by atoms with Gasteiger partial charge in [-0.15, -0.1) is 0 Å². The maximum Gasteiger partial charge on any atom is 0.103 e. The Bertz CT molecular complexity index is 470. The molecule has 0 amide bonds. The third kappa shape index (κ3) is 3.30. The van der Waals surface area contributed by atoms with E-state index in [4.69, 9.17) is 0 Å². The van der Waals surface area contributed by atoms with E-state index in [0.717, 1.165) is 22.3 Å². The second-order valence-electron chi connectivity index (χ2n) is 5.73. The molecule has 0 unspecified atom stereocenters. The van der Waals surface area contributed by atoms with Gasteiger partial charge in [0.25, 0.3) is 0 Å². The van der Waals surface area contributed by atoms with Crippen LogP contribution in [0.1, 0.15) is 45.1 Å². The first-order valence-corrected chi connectivity index (χ1v) is 7.88. The summed E-state index contributed by atoms with van der Waals surface area (Å²) in [6.07, 6.45) is 5.14. The average molecular weight is 321 g/mol. The van der Waals surface area contributed by atoms with Crippen LogP contribution in [0.3, 0.4) is 0 Å². The molecule has 1 aliphatic carbocycles. The van der Waals surface area contributed by atoms with Crippen LogP contribution >= 0.6 is 15.9 Å². The van der Waals surface area contributed by atoms with Gasteiger partial charge in [0.05, 0.1) is 11.3 Å². The van der Waals surface area contributed by atoms with Gasteiger partial charge in [-0.1, -0.05) is 32.8 Å². The summed E-state index contributed by atoms with van der Waals surface area (Å²) in [5, 5.41) is 9.42. The fraction of sp³-hybridized carbons (Fsp3) is 0.562. The molecule has 0 heterocycles. The average Bonchev–Trinajstić information content (AvgIpc) is 2.89. The zero-order valence-corrected chi connectivity index (χ0v) is 13.3. The maximum absolute atomic E-state index is 9.42. The van der Waals surface area contributed by atoms with E-state index in [0.29, 0.717) is 12.0 Å². The summed E-state index contributed by atoms with van der Waals surface area (Å²) in [7, 11) is 0. The molecule has 0 bridgehead atoms. The van der Waals surface area contributed by atoms with Gasteiger partial charge in [-0.25, -0.2) is 0 Å². The van der Waals surface area contributed by atoms with Crippen molar-refractivity contribution < 1.29 is 0 Å². The molecule has 0 N–H and O–H groups in total. The van der Waals surface area contributed by atoms with Crippen molar-refractivity contribution in [2.24, 2.45) is 5.92 Å². The predicted molar refractivity (Wildman–Crippen MR) is 83.3 cm³/mol. The Balaban J connectivity index is 2.37. The summed E-state index contributed by atoms with van der Waals surface area (Å²) in [4.78, 5) is 2.46. The summed E-state index contributed by atoms with van der Waals surface area (Å²) in [6.45, 7) is 5.51. The smallest absolute Gasteiger partial charge is 0.103 e. The Labute approximate surface area is 124 Å². The van der Waals surface area contributed by atoms with Gasteiger partial charge in [-0.2, -0.15) is 5.26 Å². The molecule has 2 rings (SSSR count). The lowest BCUT2D eigenvalue weighted by Crippen LogP contribution is -2.36. The molecule has 1 fully saturated rings. The number of halogens is 1. The Morgan fingerprint density at radius 1 is 1.37 bits per heavy atom. The largest absolute Gasteiger partial charge is 0.367 e. The van der Waals surface area contributed by atoms with Gasteiger partial charge in [0.15, 0.2) is 0 Å². The second-order valence-corrected chi connectivity index (χ2v) is 6.58. The molecule has 1 saturated carbocycles. The quantitative estimate of drug-likeness (QED) is 0.802. The minimum Gasteiger partial charge on any atom is -0.367 e. The number of hydrogen-bond donors (Lipinski definition) is 0. The first kappa shape index (κ1) is 14.4. The molecular formula is C16H21BrN2. The number of nitriles is 1. The third-order valence-electron chi connectivity index (χ3n) is 3.74. The van der Waals surface area contributed by atoms with Gasteiger partial charge in [-0.3, -0.25) is 0 Å². The first-order valence-electron chi connectivity index (χ1n) is 7.08. The molecule has 1 aliphatic rings. The molecule has 0 saturated heterocycles. The summed E-state index contributed by atoms with van der Waals surface area (Å²) >= 11 is 3.50. The van der Waals surface area contributed by atoms with E-state index in [-0.39, 0.29) is 0 Å². The van der Waals surface area contributed by atoms with Crippen LogP contribution in [0.25, 0.3) is 0 Å². The van der Waals surface area contributed by atoms with Gasteiger partial charge in [0.2, 0.25) is 0 Å². The number of anilines is 1. The predicted octanol–water partition coefficient (Wildman–Crippen LogP) is 4.73. The van der Waals surface area contributed by atoms with Crippen molar-refractivity contribution in [3.63, 3.8) is 0 Å². The molecule has 19 heavy (non-hydrogen) atoms. The lowest BCUT2D eigenvalue weighted by atomic mass is 10.1. The lowest BCUT2D eigenvalue weighted by Gasteiger charge is -2.33. The van der Waals surface area contributed by atoms with Crippen LogP contribution in [0.4, 0.5) is 5.69 Å². The summed E-state index contributed by atoms with van der Waals surface area (Å²) < 4.78 is 0.902. The van der Waals surface area contributed by atoms with E-state index < -0.39 is 0 Å². The van der Waals surface area contributed by atoms with Crippen molar-refractivity contribution in [1.29, 1.82) is 5.26 Å². The normalized spacial score (nSPS) is 15.7. The molecule has 0 radical (unpaired) electrons. The van der Waals surface area contributed by atoms with Crippen molar-refractivity contribution in [2.45, 2.75) is 45.6 Å². The summed E-state index contributed by atoms with van der Waals surface area (Å²) in [6, 6.07) is 9.02. The summed E-state index contributed by atoms with van der Waals surface area (Å²) in [5.41, 5.74) is 1.87. The van der Waals surface area contributed by atoms with Crippen LogP contribution in [0.5, 0.6) is 0 Å². The van der Waals surface area contributed by atoms with E-state index >= 15 is 0 Å². The van der Waals surface area contributed by atoms with Crippen molar-refractivity contribution in [2.75, 3.05) is 11.4 Å². The zero-order valence-electron chi connectivity index (χ0n) is 11.7. The first-order chi connectivity index (χ1) is 9.13. The molecule has 0 aromatic heterocycles. The minimum absolute atomic E-state index is 0.601. The van der Waals surface area contributed by atoms with Crippen LogP contribution in [0.2, 0.25) is 0 Å². The van der Waals surface area contributed by atoms with E-state index in [1.165, 1.54) is 25.7 Å². The highest BCUT2D eigenvalue weighted by atomic mass is 79.9. The molecule has 1 aromatic rings. The van der Waals surface area contributed by atoms with Gasteiger partial charge in [0.1, 0.15) is 6.07 Å². The standard InChI is InChI=1S/C16H21BrN2/c1-12(2)11-19(13-6-3-4-7-13)16-9-5-8-15(17)14(16)10-18/h5,8-9,12-13H,3-4,6-7,11H2,1-2H3. The van der Waals surface area contributed by atoms with Crippen LogP contribution in [-0.2, 0) is 0 Å². The van der Waals surface area contributed by atoms with Crippen molar-refractivity contribution in [3.8, 4) is 6.07 Å². The molecule has 0 aliphatic heterocycles. The van der Waals surface area contributed by atoms with E-state index in [2.05, 4.69) is 46.8 Å². The van der Waals surface area contributed by atoms with Gasteiger partial charge in [0, 0.05) is 17.1 Å². The number of benzene rings is 1. The molecule has 2 nitrogen and oxygen atoms in total. The van der Waals surface area contributed by atoms with Crippen molar-refractivity contribution in [1.82, 2.24) is 0 Å². The fourth-order valence-corrected chi connectivity index (χ4v) is 3.36. The highest BCUT2D eigenvalue weighted by Crippen LogP contribution is 2.33. The Hall–Kier alpha value is -1.01. The molecule has 1 aromatic carbocycles.